The van der Waals surface area contributed by atoms with Crippen molar-refractivity contribution >= 4 is 17.3 Å². The average molecular weight is 282 g/mol. The lowest BCUT2D eigenvalue weighted by atomic mass is 9.96. The molecule has 2 rings (SSSR count). The van der Waals surface area contributed by atoms with E-state index in [2.05, 4.69) is 25.2 Å². The molecule has 0 saturated heterocycles. The minimum absolute atomic E-state index is 0.115. The highest BCUT2D eigenvalue weighted by Gasteiger charge is 2.14. The van der Waals surface area contributed by atoms with E-state index < -0.39 is 0 Å². The molecule has 0 aromatic heterocycles. The van der Waals surface area contributed by atoms with E-state index in [1.807, 2.05) is 25.1 Å². The summed E-state index contributed by atoms with van der Waals surface area (Å²) in [5.41, 5.74) is 9.98. The molecule has 110 valence electrons. The topological polar surface area (TPSA) is 55.1 Å². The number of benzene rings is 2. The van der Waals surface area contributed by atoms with Gasteiger partial charge in [-0.05, 0) is 48.6 Å². The molecule has 0 fully saturated rings. The monoisotopic (exact) mass is 282 g/mol. The SMILES string of the molecule is CC[C@@H](C)c1ccccc1NC(=O)c1cccc(N)c1C. The van der Waals surface area contributed by atoms with Gasteiger partial charge in [0.1, 0.15) is 0 Å². The number of para-hydroxylation sites is 1. The van der Waals surface area contributed by atoms with Gasteiger partial charge in [0.25, 0.3) is 5.91 Å². The van der Waals surface area contributed by atoms with Crippen LogP contribution in [0.1, 0.15) is 47.7 Å². The van der Waals surface area contributed by atoms with Crippen molar-refractivity contribution in [3.8, 4) is 0 Å². The molecule has 0 aliphatic carbocycles. The lowest BCUT2D eigenvalue weighted by Crippen LogP contribution is -2.15. The number of nitrogens with one attached hydrogen (secondary N) is 1. The number of anilines is 2. The number of carbonyl (C=O) groups is 1. The third-order valence-corrected chi connectivity index (χ3v) is 3.97. The lowest BCUT2D eigenvalue weighted by Gasteiger charge is -2.16. The average Bonchev–Trinajstić information content (AvgIpc) is 2.49. The Balaban J connectivity index is 2.30. The minimum Gasteiger partial charge on any atom is -0.398 e. The molecule has 0 aliphatic rings. The van der Waals surface area contributed by atoms with Crippen LogP contribution in [0.4, 0.5) is 11.4 Å². The van der Waals surface area contributed by atoms with Crippen LogP contribution in [0.5, 0.6) is 0 Å². The molecule has 3 nitrogen and oxygen atoms in total. The van der Waals surface area contributed by atoms with Crippen LogP contribution in [-0.2, 0) is 0 Å². The molecular formula is C18H22N2O. The summed E-state index contributed by atoms with van der Waals surface area (Å²) >= 11 is 0. The Labute approximate surface area is 126 Å². The summed E-state index contributed by atoms with van der Waals surface area (Å²) in [5.74, 6) is 0.291. The fraction of sp³-hybridized carbons (Fsp3) is 0.278. The maximum Gasteiger partial charge on any atom is 0.256 e. The van der Waals surface area contributed by atoms with Gasteiger partial charge in [-0.1, -0.05) is 38.1 Å². The summed E-state index contributed by atoms with van der Waals surface area (Å²) in [6.45, 7) is 6.17. The predicted octanol–water partition coefficient (Wildman–Crippen LogP) is 4.34. The molecule has 3 N–H and O–H groups in total. The Kier molecular flexibility index (Phi) is 4.63. The molecule has 0 unspecified atom stereocenters. The van der Waals surface area contributed by atoms with Crippen molar-refractivity contribution in [2.75, 3.05) is 11.1 Å². The molecular weight excluding hydrogens is 260 g/mol. The van der Waals surface area contributed by atoms with Gasteiger partial charge in [-0.15, -0.1) is 0 Å². The van der Waals surface area contributed by atoms with Crippen LogP contribution in [0.3, 0.4) is 0 Å². The first-order valence-electron chi connectivity index (χ1n) is 7.30. The molecule has 2 aromatic carbocycles. The van der Waals surface area contributed by atoms with Crippen LogP contribution in [0.2, 0.25) is 0 Å². The number of carbonyl (C=O) groups excluding carboxylic acids is 1. The van der Waals surface area contributed by atoms with Gasteiger partial charge in [0.05, 0.1) is 0 Å². The van der Waals surface area contributed by atoms with Crippen molar-refractivity contribution in [2.24, 2.45) is 0 Å². The molecule has 1 atom stereocenters. The van der Waals surface area contributed by atoms with Gasteiger partial charge in [-0.25, -0.2) is 0 Å². The highest BCUT2D eigenvalue weighted by molar-refractivity contribution is 6.06. The molecule has 0 heterocycles. The molecule has 0 bridgehead atoms. The summed E-state index contributed by atoms with van der Waals surface area (Å²) in [7, 11) is 0. The maximum atomic E-state index is 12.5. The molecule has 3 heteroatoms. The Morgan fingerprint density at radius 3 is 2.62 bits per heavy atom. The zero-order valence-electron chi connectivity index (χ0n) is 12.8. The van der Waals surface area contributed by atoms with E-state index in [0.717, 1.165) is 23.2 Å². The second-order valence-electron chi connectivity index (χ2n) is 5.37. The number of rotatable bonds is 4. The highest BCUT2D eigenvalue weighted by Crippen LogP contribution is 2.27. The van der Waals surface area contributed by atoms with Gasteiger partial charge in [0.2, 0.25) is 0 Å². The number of nitrogens with two attached hydrogens (primary N) is 1. The quantitative estimate of drug-likeness (QED) is 0.819. The summed E-state index contributed by atoms with van der Waals surface area (Å²) in [6.07, 6.45) is 1.03. The van der Waals surface area contributed by atoms with E-state index >= 15 is 0 Å². The first kappa shape index (κ1) is 15.1. The van der Waals surface area contributed by atoms with Gasteiger partial charge in [-0.2, -0.15) is 0 Å². The van der Waals surface area contributed by atoms with Crippen LogP contribution < -0.4 is 11.1 Å². The first-order chi connectivity index (χ1) is 10.0. The van der Waals surface area contributed by atoms with Crippen molar-refractivity contribution < 1.29 is 4.79 Å². The third kappa shape index (κ3) is 3.24. The van der Waals surface area contributed by atoms with E-state index in [4.69, 9.17) is 5.73 Å². The fourth-order valence-electron chi connectivity index (χ4n) is 2.35. The summed E-state index contributed by atoms with van der Waals surface area (Å²) in [4.78, 5) is 12.5. The summed E-state index contributed by atoms with van der Waals surface area (Å²) < 4.78 is 0. The lowest BCUT2D eigenvalue weighted by molar-refractivity contribution is 0.102. The van der Waals surface area contributed by atoms with E-state index in [1.54, 1.807) is 18.2 Å². The number of nitrogen functional groups attached to an aromatic ring is 1. The Morgan fingerprint density at radius 1 is 1.19 bits per heavy atom. The molecule has 21 heavy (non-hydrogen) atoms. The largest absolute Gasteiger partial charge is 0.398 e. The molecule has 0 spiro atoms. The van der Waals surface area contributed by atoms with Crippen molar-refractivity contribution in [2.45, 2.75) is 33.1 Å². The molecule has 1 amide bonds. The summed E-state index contributed by atoms with van der Waals surface area (Å²) in [6, 6.07) is 13.4. The first-order valence-corrected chi connectivity index (χ1v) is 7.30. The van der Waals surface area contributed by atoms with E-state index in [0.29, 0.717) is 17.2 Å². The van der Waals surface area contributed by atoms with Gasteiger partial charge in [0.15, 0.2) is 0 Å². The second-order valence-corrected chi connectivity index (χ2v) is 5.37. The molecule has 0 aliphatic heterocycles. The minimum atomic E-state index is -0.115. The molecule has 0 saturated carbocycles. The van der Waals surface area contributed by atoms with Crippen molar-refractivity contribution in [1.82, 2.24) is 0 Å². The van der Waals surface area contributed by atoms with Crippen molar-refractivity contribution in [3.05, 3.63) is 59.2 Å². The van der Waals surface area contributed by atoms with Gasteiger partial charge < -0.3 is 11.1 Å². The Hall–Kier alpha value is -2.29. The molecule has 2 aromatic rings. The second kappa shape index (κ2) is 6.44. The van der Waals surface area contributed by atoms with Crippen LogP contribution >= 0.6 is 0 Å². The van der Waals surface area contributed by atoms with Crippen LogP contribution in [0.25, 0.3) is 0 Å². The van der Waals surface area contributed by atoms with E-state index in [1.165, 1.54) is 0 Å². The summed E-state index contributed by atoms with van der Waals surface area (Å²) in [5, 5.41) is 3.02. The third-order valence-electron chi connectivity index (χ3n) is 3.97. The smallest absolute Gasteiger partial charge is 0.256 e. The fourth-order valence-corrected chi connectivity index (χ4v) is 2.35. The van der Waals surface area contributed by atoms with E-state index in [-0.39, 0.29) is 5.91 Å². The molecule has 0 radical (unpaired) electrons. The highest BCUT2D eigenvalue weighted by atomic mass is 16.1. The van der Waals surface area contributed by atoms with Gasteiger partial charge in [-0.3, -0.25) is 4.79 Å². The standard InChI is InChI=1S/C18H22N2O/c1-4-12(2)14-8-5-6-11-17(14)20-18(21)15-9-7-10-16(19)13(15)3/h5-12H,4,19H2,1-3H3,(H,20,21)/t12-/m1/s1. The van der Waals surface area contributed by atoms with Crippen molar-refractivity contribution in [1.29, 1.82) is 0 Å². The van der Waals surface area contributed by atoms with Gasteiger partial charge >= 0.3 is 0 Å². The zero-order chi connectivity index (χ0) is 15.4. The maximum absolute atomic E-state index is 12.5. The van der Waals surface area contributed by atoms with Crippen LogP contribution in [-0.4, -0.2) is 5.91 Å². The van der Waals surface area contributed by atoms with Crippen LogP contribution in [0, 0.1) is 6.92 Å². The van der Waals surface area contributed by atoms with Gasteiger partial charge in [0, 0.05) is 16.9 Å². The zero-order valence-corrected chi connectivity index (χ0v) is 12.8. The normalized spacial score (nSPS) is 12.0. The van der Waals surface area contributed by atoms with Crippen LogP contribution in [0.15, 0.2) is 42.5 Å². The Morgan fingerprint density at radius 2 is 1.90 bits per heavy atom. The van der Waals surface area contributed by atoms with Crippen molar-refractivity contribution in [3.63, 3.8) is 0 Å². The Bertz CT molecular complexity index is 649. The van der Waals surface area contributed by atoms with E-state index in [9.17, 15) is 4.79 Å². The number of hydrogen-bond donors (Lipinski definition) is 2. The predicted molar refractivity (Wildman–Crippen MR) is 88.7 cm³/mol. The number of hydrogen-bond acceptors (Lipinski definition) is 2. The number of amides is 1.